The SMILES string of the molecule is O=C(COc1ccc(Cl)cc1Cl)N1c2ccnn2C(C(F)(F)F)CC1C1CC1. The van der Waals surface area contributed by atoms with Crippen molar-refractivity contribution < 1.29 is 22.7 Å². The van der Waals surface area contributed by atoms with Crippen LogP contribution in [0.15, 0.2) is 30.5 Å². The van der Waals surface area contributed by atoms with E-state index in [1.54, 1.807) is 6.07 Å². The highest BCUT2D eigenvalue weighted by Crippen LogP contribution is 2.48. The van der Waals surface area contributed by atoms with Crippen molar-refractivity contribution in [3.63, 3.8) is 0 Å². The topological polar surface area (TPSA) is 47.4 Å². The molecule has 1 saturated carbocycles. The van der Waals surface area contributed by atoms with Crippen molar-refractivity contribution in [2.45, 2.75) is 37.5 Å². The first-order chi connectivity index (χ1) is 13.3. The molecular formula is C18H16Cl2F3N3O2. The Hall–Kier alpha value is -1.93. The monoisotopic (exact) mass is 433 g/mol. The Kier molecular flexibility index (Phi) is 4.95. The van der Waals surface area contributed by atoms with E-state index in [9.17, 15) is 18.0 Å². The van der Waals surface area contributed by atoms with Gasteiger partial charge in [0.1, 0.15) is 11.6 Å². The molecule has 0 N–H and O–H groups in total. The van der Waals surface area contributed by atoms with Gasteiger partial charge in [0.25, 0.3) is 5.91 Å². The number of rotatable bonds is 4. The van der Waals surface area contributed by atoms with Crippen molar-refractivity contribution in [3.8, 4) is 5.75 Å². The maximum Gasteiger partial charge on any atom is 0.410 e. The first-order valence-corrected chi connectivity index (χ1v) is 9.51. The molecule has 2 unspecified atom stereocenters. The molecule has 1 aliphatic carbocycles. The highest BCUT2D eigenvalue weighted by molar-refractivity contribution is 6.35. The molecule has 0 bridgehead atoms. The second kappa shape index (κ2) is 7.15. The summed E-state index contributed by atoms with van der Waals surface area (Å²) in [6.07, 6.45) is -1.76. The normalized spacial score (nSPS) is 22.1. The van der Waals surface area contributed by atoms with Gasteiger partial charge in [0.15, 0.2) is 12.6 Å². The summed E-state index contributed by atoms with van der Waals surface area (Å²) < 4.78 is 46.9. The predicted molar refractivity (Wildman–Crippen MR) is 97.9 cm³/mol. The molecule has 0 spiro atoms. The van der Waals surface area contributed by atoms with Crippen LogP contribution in [-0.2, 0) is 4.79 Å². The van der Waals surface area contributed by atoms with Crippen molar-refractivity contribution in [1.29, 1.82) is 0 Å². The number of ether oxygens (including phenoxy) is 1. The van der Waals surface area contributed by atoms with Crippen molar-refractivity contribution in [3.05, 3.63) is 40.5 Å². The maximum atomic E-state index is 13.5. The van der Waals surface area contributed by atoms with E-state index in [2.05, 4.69) is 5.10 Å². The van der Waals surface area contributed by atoms with Crippen LogP contribution in [0.5, 0.6) is 5.75 Å². The number of amides is 1. The summed E-state index contributed by atoms with van der Waals surface area (Å²) in [6, 6.07) is 3.76. The fourth-order valence-electron chi connectivity index (χ4n) is 3.61. The van der Waals surface area contributed by atoms with Gasteiger partial charge in [-0.3, -0.25) is 9.69 Å². The Morgan fingerprint density at radius 1 is 1.25 bits per heavy atom. The van der Waals surface area contributed by atoms with E-state index in [0.29, 0.717) is 5.02 Å². The molecule has 1 aromatic heterocycles. The first kappa shape index (κ1) is 19.4. The minimum atomic E-state index is -4.43. The molecule has 1 amide bonds. The molecule has 10 heteroatoms. The van der Waals surface area contributed by atoms with Gasteiger partial charge in [0.2, 0.25) is 0 Å². The molecule has 2 aromatic rings. The van der Waals surface area contributed by atoms with E-state index < -0.39 is 24.2 Å². The predicted octanol–water partition coefficient (Wildman–Crippen LogP) is 4.89. The zero-order chi connectivity index (χ0) is 20.1. The molecule has 28 heavy (non-hydrogen) atoms. The van der Waals surface area contributed by atoms with E-state index in [0.717, 1.165) is 17.5 Å². The summed E-state index contributed by atoms with van der Waals surface area (Å²) in [4.78, 5) is 14.3. The van der Waals surface area contributed by atoms with Gasteiger partial charge >= 0.3 is 6.18 Å². The lowest BCUT2D eigenvalue weighted by molar-refractivity contribution is -0.175. The fourth-order valence-corrected chi connectivity index (χ4v) is 4.08. The number of nitrogens with zero attached hydrogens (tertiary/aromatic N) is 3. The number of hydrogen-bond acceptors (Lipinski definition) is 3. The third-order valence-electron chi connectivity index (χ3n) is 5.05. The molecule has 2 aliphatic rings. The fraction of sp³-hybridized carbons (Fsp3) is 0.444. The van der Waals surface area contributed by atoms with Crippen molar-refractivity contribution in [2.75, 3.05) is 11.5 Å². The van der Waals surface area contributed by atoms with Gasteiger partial charge in [0.05, 0.1) is 11.2 Å². The van der Waals surface area contributed by atoms with Crippen LogP contribution in [-0.4, -0.2) is 34.5 Å². The minimum Gasteiger partial charge on any atom is -0.482 e. The van der Waals surface area contributed by atoms with Crippen molar-refractivity contribution in [1.82, 2.24) is 9.78 Å². The summed E-state index contributed by atoms with van der Waals surface area (Å²) in [5.74, 6) is 0.0317. The van der Waals surface area contributed by atoms with E-state index in [1.165, 1.54) is 29.3 Å². The third-order valence-corrected chi connectivity index (χ3v) is 5.58. The van der Waals surface area contributed by atoms with E-state index in [4.69, 9.17) is 27.9 Å². The van der Waals surface area contributed by atoms with Crippen molar-refractivity contribution >= 4 is 34.9 Å². The smallest absolute Gasteiger partial charge is 0.410 e. The first-order valence-electron chi connectivity index (χ1n) is 8.76. The average Bonchev–Trinajstić information content (AvgIpc) is 3.35. The Bertz CT molecular complexity index is 898. The molecule has 1 fully saturated rings. The highest BCUT2D eigenvalue weighted by Gasteiger charge is 2.52. The van der Waals surface area contributed by atoms with Crippen LogP contribution in [0.4, 0.5) is 19.0 Å². The minimum absolute atomic E-state index is 0.0524. The second-order valence-electron chi connectivity index (χ2n) is 6.96. The highest BCUT2D eigenvalue weighted by atomic mass is 35.5. The molecule has 2 atom stereocenters. The Balaban J connectivity index is 1.58. The zero-order valence-electron chi connectivity index (χ0n) is 14.5. The molecular weight excluding hydrogens is 418 g/mol. The molecule has 5 nitrogen and oxygen atoms in total. The lowest BCUT2D eigenvalue weighted by atomic mass is 9.98. The van der Waals surface area contributed by atoms with Gasteiger partial charge in [-0.1, -0.05) is 23.2 Å². The zero-order valence-corrected chi connectivity index (χ0v) is 16.0. The Labute approximate surface area is 169 Å². The van der Waals surface area contributed by atoms with Crippen LogP contribution in [0.1, 0.15) is 25.3 Å². The van der Waals surface area contributed by atoms with Crippen LogP contribution in [0, 0.1) is 5.92 Å². The second-order valence-corrected chi connectivity index (χ2v) is 7.80. The van der Waals surface area contributed by atoms with Crippen molar-refractivity contribution in [2.24, 2.45) is 5.92 Å². The summed E-state index contributed by atoms with van der Waals surface area (Å²) in [6.45, 7) is -0.355. The molecule has 0 saturated heterocycles. The average molecular weight is 434 g/mol. The van der Waals surface area contributed by atoms with Gasteiger partial charge in [-0.25, -0.2) is 4.68 Å². The molecule has 0 radical (unpaired) electrons. The number of aromatic nitrogens is 2. The quantitative estimate of drug-likeness (QED) is 0.689. The molecule has 4 rings (SSSR count). The van der Waals surface area contributed by atoms with Gasteiger partial charge in [0, 0.05) is 17.1 Å². The number of hydrogen-bond donors (Lipinski definition) is 0. The number of fused-ring (bicyclic) bond motifs is 1. The van der Waals surface area contributed by atoms with Gasteiger partial charge in [-0.15, -0.1) is 0 Å². The number of anilines is 1. The molecule has 2 heterocycles. The standard InChI is InChI=1S/C18H16Cl2F3N3O2/c19-11-3-4-14(12(20)7-11)28-9-17(27)25-13(10-1-2-10)8-15(18(21,22)23)26-16(25)5-6-24-26/h3-7,10,13,15H,1-2,8-9H2. The lowest BCUT2D eigenvalue weighted by Gasteiger charge is -2.40. The van der Waals surface area contributed by atoms with E-state index in [-0.39, 0.29) is 35.5 Å². The van der Waals surface area contributed by atoms with Crippen LogP contribution in [0.25, 0.3) is 0 Å². The summed E-state index contributed by atoms with van der Waals surface area (Å²) >= 11 is 11.9. The third kappa shape index (κ3) is 3.67. The number of benzene rings is 1. The van der Waals surface area contributed by atoms with Crippen LogP contribution in [0.2, 0.25) is 10.0 Å². The maximum absolute atomic E-state index is 13.5. The van der Waals surface area contributed by atoms with Gasteiger partial charge in [-0.05, 0) is 43.4 Å². The summed E-state index contributed by atoms with van der Waals surface area (Å²) in [5, 5.41) is 4.50. The van der Waals surface area contributed by atoms with Gasteiger partial charge < -0.3 is 4.74 Å². The Morgan fingerprint density at radius 2 is 2.00 bits per heavy atom. The molecule has 1 aliphatic heterocycles. The van der Waals surface area contributed by atoms with Crippen LogP contribution in [0.3, 0.4) is 0 Å². The Morgan fingerprint density at radius 3 is 2.64 bits per heavy atom. The van der Waals surface area contributed by atoms with Crippen LogP contribution < -0.4 is 9.64 Å². The summed E-state index contributed by atoms with van der Waals surface area (Å²) in [7, 11) is 0. The molecule has 150 valence electrons. The summed E-state index contributed by atoms with van der Waals surface area (Å²) in [5.41, 5.74) is 0. The van der Waals surface area contributed by atoms with E-state index in [1.807, 2.05) is 0 Å². The number of carbonyl (C=O) groups is 1. The number of alkyl halides is 3. The number of carbonyl (C=O) groups excluding carboxylic acids is 1. The molecule has 1 aromatic carbocycles. The lowest BCUT2D eigenvalue weighted by Crippen LogP contribution is -2.51. The largest absolute Gasteiger partial charge is 0.482 e. The van der Waals surface area contributed by atoms with Crippen LogP contribution >= 0.6 is 23.2 Å². The van der Waals surface area contributed by atoms with E-state index >= 15 is 0 Å². The number of halogens is 5. The van der Waals surface area contributed by atoms with Gasteiger partial charge in [-0.2, -0.15) is 18.3 Å².